The average molecular weight is 323 g/mol. The first-order chi connectivity index (χ1) is 9.89. The highest BCUT2D eigenvalue weighted by atomic mass is 35.5. The highest BCUT2D eigenvalue weighted by Crippen LogP contribution is 2.23. The lowest BCUT2D eigenvalue weighted by atomic mass is 10.2. The van der Waals surface area contributed by atoms with Crippen LogP contribution in [0.15, 0.2) is 18.2 Å². The largest absolute Gasteiger partial charge is 0.490 e. The van der Waals surface area contributed by atoms with Crippen molar-refractivity contribution >= 4 is 17.5 Å². The molecule has 0 radical (unpaired) electrons. The van der Waals surface area contributed by atoms with E-state index >= 15 is 0 Å². The van der Waals surface area contributed by atoms with Crippen molar-refractivity contribution in [2.75, 3.05) is 33.4 Å². The Balaban J connectivity index is 2.79. The van der Waals surface area contributed by atoms with Crippen LogP contribution in [0.5, 0.6) is 5.75 Å². The molecule has 0 heterocycles. The monoisotopic (exact) mass is 322 g/mol. The summed E-state index contributed by atoms with van der Waals surface area (Å²) in [5.41, 5.74) is 4.98. The predicted octanol–water partition coefficient (Wildman–Crippen LogP) is 1.69. The molecule has 0 aromatic heterocycles. The average Bonchev–Trinajstić information content (AvgIpc) is 2.46. The summed E-state index contributed by atoms with van der Waals surface area (Å²) in [6.45, 7) is -1.15. The van der Waals surface area contributed by atoms with Crippen LogP contribution >= 0.6 is 11.6 Å². The van der Waals surface area contributed by atoms with Gasteiger partial charge in [-0.1, -0.05) is 11.6 Å². The third-order valence-electron chi connectivity index (χ3n) is 2.54. The molecule has 0 bridgehead atoms. The quantitative estimate of drug-likeness (QED) is 0.714. The zero-order chi connectivity index (χ0) is 15.9. The van der Waals surface area contributed by atoms with Crippen LogP contribution in [-0.4, -0.2) is 45.2 Å². The van der Waals surface area contributed by atoms with Crippen LogP contribution in [0.2, 0.25) is 5.02 Å². The predicted molar refractivity (Wildman–Crippen MR) is 75.2 cm³/mol. The number of hydrogen-bond donors (Lipinski definition) is 2. The topological polar surface area (TPSA) is 73.6 Å². The first-order valence-electron chi connectivity index (χ1n) is 6.17. The fourth-order valence-corrected chi connectivity index (χ4v) is 1.59. The lowest BCUT2D eigenvalue weighted by Gasteiger charge is -2.16. The summed E-state index contributed by atoms with van der Waals surface area (Å²) in [5, 5.41) is 2.41. The summed E-state index contributed by atoms with van der Waals surface area (Å²) in [6, 6.07) is 4.38. The maximum Gasteiger partial charge on any atom is 0.277 e. The maximum atomic E-state index is 13.0. The number of halogens is 3. The van der Waals surface area contributed by atoms with E-state index in [4.69, 9.17) is 26.8 Å². The number of nitrogens with two attached hydrogens (primary N) is 1. The van der Waals surface area contributed by atoms with Crippen LogP contribution in [-0.2, 0) is 4.74 Å². The molecule has 5 nitrogen and oxygen atoms in total. The van der Waals surface area contributed by atoms with Crippen LogP contribution in [0.4, 0.5) is 8.78 Å². The number of amides is 1. The molecule has 21 heavy (non-hydrogen) atoms. The highest BCUT2D eigenvalue weighted by Gasteiger charge is 2.28. The fraction of sp³-hybridized carbons (Fsp3) is 0.462. The second-order valence-electron chi connectivity index (χ2n) is 4.22. The van der Waals surface area contributed by atoms with Gasteiger partial charge in [0.05, 0.1) is 25.3 Å². The van der Waals surface area contributed by atoms with Gasteiger partial charge in [-0.3, -0.25) is 4.79 Å². The number of nitrogens with one attached hydrogen (secondary N) is 1. The Morgan fingerprint density at radius 1 is 1.43 bits per heavy atom. The standard InChI is InChI=1S/C13H17ClF2N2O3/c1-20-4-5-21-11-3-2-9(14)6-10(11)12(19)18-8-13(15,16)7-17/h2-3,6H,4-5,7-8,17H2,1H3,(H,18,19). The molecule has 1 aromatic carbocycles. The van der Waals surface area contributed by atoms with Crippen molar-refractivity contribution in [3.63, 3.8) is 0 Å². The molecule has 8 heteroatoms. The highest BCUT2D eigenvalue weighted by molar-refractivity contribution is 6.31. The number of carbonyl (C=O) groups excluding carboxylic acids is 1. The lowest BCUT2D eigenvalue weighted by Crippen LogP contribution is -2.41. The minimum atomic E-state index is -3.16. The zero-order valence-electron chi connectivity index (χ0n) is 11.5. The molecule has 118 valence electrons. The number of hydrogen-bond acceptors (Lipinski definition) is 4. The van der Waals surface area contributed by atoms with Crippen LogP contribution in [0.1, 0.15) is 10.4 Å². The smallest absolute Gasteiger partial charge is 0.277 e. The Kier molecular flexibility index (Phi) is 6.80. The van der Waals surface area contributed by atoms with Gasteiger partial charge in [0.1, 0.15) is 12.4 Å². The molecule has 0 aliphatic rings. The Hall–Kier alpha value is -1.44. The third-order valence-corrected chi connectivity index (χ3v) is 2.77. The number of alkyl halides is 2. The molecular weight excluding hydrogens is 306 g/mol. The van der Waals surface area contributed by atoms with Crippen molar-refractivity contribution in [1.82, 2.24) is 5.32 Å². The van der Waals surface area contributed by atoms with E-state index in [1.165, 1.54) is 25.3 Å². The first kappa shape index (κ1) is 17.6. The van der Waals surface area contributed by atoms with Gasteiger partial charge in [0.2, 0.25) is 0 Å². The summed E-state index contributed by atoms with van der Waals surface area (Å²) in [4.78, 5) is 12.0. The fourth-order valence-electron chi connectivity index (χ4n) is 1.42. The van der Waals surface area contributed by atoms with Crippen LogP contribution < -0.4 is 15.8 Å². The summed E-state index contributed by atoms with van der Waals surface area (Å²) in [6.07, 6.45) is 0. The number of carbonyl (C=O) groups is 1. The number of methoxy groups -OCH3 is 1. The maximum absolute atomic E-state index is 13.0. The summed E-state index contributed by atoms with van der Waals surface area (Å²) in [5.74, 6) is -3.63. The number of benzene rings is 1. The molecule has 0 aliphatic heterocycles. The van der Waals surface area contributed by atoms with Gasteiger partial charge in [-0.05, 0) is 18.2 Å². The molecule has 0 spiro atoms. The molecule has 3 N–H and O–H groups in total. The molecule has 0 saturated heterocycles. The van der Waals surface area contributed by atoms with Gasteiger partial charge >= 0.3 is 0 Å². The second-order valence-corrected chi connectivity index (χ2v) is 4.66. The molecule has 0 aliphatic carbocycles. The van der Waals surface area contributed by atoms with Crippen LogP contribution in [0.25, 0.3) is 0 Å². The Morgan fingerprint density at radius 2 is 2.14 bits per heavy atom. The Labute approximate surface area is 126 Å². The second kappa shape index (κ2) is 8.11. The normalized spacial score (nSPS) is 11.3. The molecule has 0 unspecified atom stereocenters. The van der Waals surface area contributed by atoms with Gasteiger partial charge in [0.15, 0.2) is 0 Å². The number of rotatable bonds is 8. The van der Waals surface area contributed by atoms with Gasteiger partial charge in [-0.25, -0.2) is 8.78 Å². The van der Waals surface area contributed by atoms with Gasteiger partial charge in [0, 0.05) is 12.1 Å². The van der Waals surface area contributed by atoms with Crippen molar-refractivity contribution in [3.05, 3.63) is 28.8 Å². The Bertz CT molecular complexity index is 486. The van der Waals surface area contributed by atoms with Crippen molar-refractivity contribution in [2.45, 2.75) is 5.92 Å². The zero-order valence-corrected chi connectivity index (χ0v) is 12.3. The van der Waals surface area contributed by atoms with Gasteiger partial charge in [-0.15, -0.1) is 0 Å². The van der Waals surface area contributed by atoms with Gasteiger partial charge in [0.25, 0.3) is 11.8 Å². The van der Waals surface area contributed by atoms with Gasteiger partial charge in [-0.2, -0.15) is 0 Å². The van der Waals surface area contributed by atoms with E-state index in [0.717, 1.165) is 0 Å². The van der Waals surface area contributed by atoms with Gasteiger partial charge < -0.3 is 20.5 Å². The SMILES string of the molecule is COCCOc1ccc(Cl)cc1C(=O)NCC(F)(F)CN. The van der Waals surface area contributed by atoms with Crippen LogP contribution in [0.3, 0.4) is 0 Å². The van der Waals surface area contributed by atoms with E-state index < -0.39 is 24.9 Å². The molecule has 1 amide bonds. The molecule has 1 rings (SSSR count). The van der Waals surface area contributed by atoms with E-state index in [0.29, 0.717) is 11.6 Å². The van der Waals surface area contributed by atoms with Crippen molar-refractivity contribution in [2.24, 2.45) is 5.73 Å². The van der Waals surface area contributed by atoms with Crippen molar-refractivity contribution < 1.29 is 23.0 Å². The molecule has 0 saturated carbocycles. The lowest BCUT2D eigenvalue weighted by molar-refractivity contribution is 0.0118. The summed E-state index contributed by atoms with van der Waals surface area (Å²) in [7, 11) is 1.51. The third kappa shape index (κ3) is 5.82. The summed E-state index contributed by atoms with van der Waals surface area (Å²) >= 11 is 5.81. The van der Waals surface area contributed by atoms with Crippen LogP contribution in [0, 0.1) is 0 Å². The van der Waals surface area contributed by atoms with E-state index in [9.17, 15) is 13.6 Å². The minimum absolute atomic E-state index is 0.0754. The molecule has 0 fully saturated rings. The summed E-state index contributed by atoms with van der Waals surface area (Å²) < 4.78 is 36.3. The molecular formula is C13H17ClF2N2O3. The van der Waals surface area contributed by atoms with E-state index in [1.807, 2.05) is 0 Å². The molecule has 1 aromatic rings. The number of ether oxygens (including phenoxy) is 2. The van der Waals surface area contributed by atoms with Crippen molar-refractivity contribution in [3.8, 4) is 5.75 Å². The minimum Gasteiger partial charge on any atom is -0.490 e. The Morgan fingerprint density at radius 3 is 2.76 bits per heavy atom. The van der Waals surface area contributed by atoms with Crippen molar-refractivity contribution in [1.29, 1.82) is 0 Å². The molecule has 0 atom stereocenters. The van der Waals surface area contributed by atoms with E-state index in [2.05, 4.69) is 5.32 Å². The first-order valence-corrected chi connectivity index (χ1v) is 6.55. The van der Waals surface area contributed by atoms with E-state index in [1.54, 1.807) is 0 Å². The van der Waals surface area contributed by atoms with E-state index in [-0.39, 0.29) is 17.9 Å².